The number of nitrogens with one attached hydrogen (secondary N) is 2. The SMILES string of the molecule is CC(C)(C)OC(=O)NCC1(NCC(=O)O)CCCCC1. The number of aliphatic carboxylic acids is 1. The largest absolute Gasteiger partial charge is 0.480 e. The molecule has 1 rings (SSSR count). The van der Waals surface area contributed by atoms with Gasteiger partial charge in [-0.25, -0.2) is 4.79 Å². The minimum absolute atomic E-state index is 0.0873. The smallest absolute Gasteiger partial charge is 0.407 e. The zero-order valence-corrected chi connectivity index (χ0v) is 12.6. The first kappa shape index (κ1) is 16.8. The molecule has 0 radical (unpaired) electrons. The van der Waals surface area contributed by atoms with Crippen molar-refractivity contribution < 1.29 is 19.4 Å². The zero-order valence-electron chi connectivity index (χ0n) is 12.6. The Hall–Kier alpha value is -1.30. The first-order chi connectivity index (χ1) is 9.22. The summed E-state index contributed by atoms with van der Waals surface area (Å²) in [5.74, 6) is -0.882. The van der Waals surface area contributed by atoms with E-state index >= 15 is 0 Å². The fourth-order valence-electron chi connectivity index (χ4n) is 2.46. The van der Waals surface area contributed by atoms with Crippen LogP contribution in [-0.4, -0.2) is 41.4 Å². The van der Waals surface area contributed by atoms with E-state index in [1.165, 1.54) is 0 Å². The summed E-state index contributed by atoms with van der Waals surface area (Å²) in [7, 11) is 0. The summed E-state index contributed by atoms with van der Waals surface area (Å²) in [5.41, 5.74) is -0.855. The number of carboxylic acids is 1. The van der Waals surface area contributed by atoms with E-state index in [0.717, 1.165) is 32.1 Å². The molecule has 6 heteroatoms. The molecule has 1 fully saturated rings. The van der Waals surface area contributed by atoms with E-state index < -0.39 is 17.7 Å². The van der Waals surface area contributed by atoms with Crippen LogP contribution >= 0.6 is 0 Å². The Bertz CT molecular complexity index is 344. The third-order valence-electron chi connectivity index (χ3n) is 3.40. The number of carbonyl (C=O) groups is 2. The summed E-state index contributed by atoms with van der Waals surface area (Å²) >= 11 is 0. The summed E-state index contributed by atoms with van der Waals surface area (Å²) in [4.78, 5) is 22.4. The van der Waals surface area contributed by atoms with Gasteiger partial charge in [-0.3, -0.25) is 10.1 Å². The molecular weight excluding hydrogens is 260 g/mol. The number of ether oxygens (including phenoxy) is 1. The molecule has 0 aliphatic heterocycles. The maximum Gasteiger partial charge on any atom is 0.407 e. The van der Waals surface area contributed by atoms with Crippen molar-refractivity contribution in [2.45, 2.75) is 64.0 Å². The van der Waals surface area contributed by atoms with E-state index in [9.17, 15) is 9.59 Å². The predicted molar refractivity (Wildman–Crippen MR) is 75.7 cm³/mol. The highest BCUT2D eigenvalue weighted by atomic mass is 16.6. The van der Waals surface area contributed by atoms with Gasteiger partial charge in [0.05, 0.1) is 6.54 Å². The number of alkyl carbamates (subject to hydrolysis) is 1. The molecule has 0 aromatic rings. The topological polar surface area (TPSA) is 87.7 Å². The Balaban J connectivity index is 2.52. The molecule has 0 atom stereocenters. The van der Waals surface area contributed by atoms with Crippen molar-refractivity contribution in [2.75, 3.05) is 13.1 Å². The van der Waals surface area contributed by atoms with Gasteiger partial charge in [-0.05, 0) is 33.6 Å². The normalized spacial score (nSPS) is 18.4. The van der Waals surface area contributed by atoms with Crippen molar-refractivity contribution in [3.8, 4) is 0 Å². The Morgan fingerprint density at radius 3 is 2.30 bits per heavy atom. The molecule has 0 spiro atoms. The second-order valence-electron chi connectivity index (χ2n) is 6.44. The highest BCUT2D eigenvalue weighted by Crippen LogP contribution is 2.27. The number of carboxylic acid groups (broad SMARTS) is 1. The van der Waals surface area contributed by atoms with E-state index in [0.29, 0.717) is 6.54 Å². The van der Waals surface area contributed by atoms with Crippen LogP contribution < -0.4 is 10.6 Å². The van der Waals surface area contributed by atoms with Crippen LogP contribution in [0.4, 0.5) is 4.79 Å². The van der Waals surface area contributed by atoms with E-state index in [-0.39, 0.29) is 12.1 Å². The van der Waals surface area contributed by atoms with E-state index in [2.05, 4.69) is 10.6 Å². The molecule has 1 amide bonds. The summed E-state index contributed by atoms with van der Waals surface area (Å²) in [6.45, 7) is 5.74. The summed E-state index contributed by atoms with van der Waals surface area (Å²) in [5, 5.41) is 14.7. The van der Waals surface area contributed by atoms with Crippen molar-refractivity contribution >= 4 is 12.1 Å². The molecule has 6 nitrogen and oxygen atoms in total. The van der Waals surface area contributed by atoms with Gasteiger partial charge in [0, 0.05) is 12.1 Å². The lowest BCUT2D eigenvalue weighted by molar-refractivity contribution is -0.136. The second kappa shape index (κ2) is 6.92. The lowest BCUT2D eigenvalue weighted by Crippen LogP contribution is -2.56. The third-order valence-corrected chi connectivity index (χ3v) is 3.40. The van der Waals surface area contributed by atoms with Crippen LogP contribution in [0.1, 0.15) is 52.9 Å². The quantitative estimate of drug-likeness (QED) is 0.718. The second-order valence-corrected chi connectivity index (χ2v) is 6.44. The van der Waals surface area contributed by atoms with Crippen molar-refractivity contribution in [1.82, 2.24) is 10.6 Å². The van der Waals surface area contributed by atoms with Gasteiger partial charge in [0.25, 0.3) is 0 Å². The molecule has 0 aromatic heterocycles. The fraction of sp³-hybridized carbons (Fsp3) is 0.857. The van der Waals surface area contributed by atoms with Crippen molar-refractivity contribution in [1.29, 1.82) is 0 Å². The fourth-order valence-corrected chi connectivity index (χ4v) is 2.46. The summed E-state index contributed by atoms with van der Waals surface area (Å²) in [6, 6.07) is 0. The molecule has 0 unspecified atom stereocenters. The van der Waals surface area contributed by atoms with Crippen LogP contribution in [-0.2, 0) is 9.53 Å². The molecule has 1 aliphatic carbocycles. The van der Waals surface area contributed by atoms with Gasteiger partial charge in [-0.15, -0.1) is 0 Å². The Morgan fingerprint density at radius 2 is 1.80 bits per heavy atom. The highest BCUT2D eigenvalue weighted by Gasteiger charge is 2.33. The standard InChI is InChI=1S/C14H26N2O4/c1-13(2,3)20-12(19)15-10-14(16-9-11(17)18)7-5-4-6-8-14/h16H,4-10H2,1-3H3,(H,15,19)(H,17,18). The van der Waals surface area contributed by atoms with Crippen LogP contribution in [0.5, 0.6) is 0 Å². The van der Waals surface area contributed by atoms with Gasteiger partial charge in [0.2, 0.25) is 0 Å². The number of hydrogen-bond acceptors (Lipinski definition) is 4. The lowest BCUT2D eigenvalue weighted by Gasteiger charge is -2.38. The van der Waals surface area contributed by atoms with E-state index in [1.54, 1.807) is 0 Å². The summed E-state index contributed by atoms with van der Waals surface area (Å²) in [6.07, 6.45) is 4.53. The average Bonchev–Trinajstić information content (AvgIpc) is 2.33. The average molecular weight is 286 g/mol. The van der Waals surface area contributed by atoms with E-state index in [4.69, 9.17) is 9.84 Å². The molecule has 0 aromatic carbocycles. The monoisotopic (exact) mass is 286 g/mol. The maximum absolute atomic E-state index is 11.7. The minimum Gasteiger partial charge on any atom is -0.480 e. The molecule has 3 N–H and O–H groups in total. The van der Waals surface area contributed by atoms with Gasteiger partial charge in [0.1, 0.15) is 5.60 Å². The van der Waals surface area contributed by atoms with Gasteiger partial charge in [-0.2, -0.15) is 0 Å². The molecular formula is C14H26N2O4. The first-order valence-corrected chi connectivity index (χ1v) is 7.16. The predicted octanol–water partition coefficient (Wildman–Crippen LogP) is 1.89. The van der Waals surface area contributed by atoms with Crippen LogP contribution in [0.25, 0.3) is 0 Å². The third kappa shape index (κ3) is 6.23. The first-order valence-electron chi connectivity index (χ1n) is 7.16. The highest BCUT2D eigenvalue weighted by molar-refractivity contribution is 5.69. The van der Waals surface area contributed by atoms with Crippen molar-refractivity contribution in [2.24, 2.45) is 0 Å². The van der Waals surface area contributed by atoms with E-state index in [1.807, 2.05) is 20.8 Å². The van der Waals surface area contributed by atoms with Gasteiger partial charge in [-0.1, -0.05) is 19.3 Å². The molecule has 0 heterocycles. The molecule has 0 saturated heterocycles. The maximum atomic E-state index is 11.7. The van der Waals surface area contributed by atoms with Crippen molar-refractivity contribution in [3.05, 3.63) is 0 Å². The molecule has 0 bridgehead atoms. The molecule has 116 valence electrons. The van der Waals surface area contributed by atoms with Crippen LogP contribution in [0.3, 0.4) is 0 Å². The van der Waals surface area contributed by atoms with Crippen molar-refractivity contribution in [3.63, 3.8) is 0 Å². The van der Waals surface area contributed by atoms with Gasteiger partial charge < -0.3 is 15.2 Å². The van der Waals surface area contributed by atoms with Gasteiger partial charge in [0.15, 0.2) is 0 Å². The molecule has 20 heavy (non-hydrogen) atoms. The Kier molecular flexibility index (Phi) is 5.80. The number of amides is 1. The number of carbonyl (C=O) groups excluding carboxylic acids is 1. The Morgan fingerprint density at radius 1 is 1.20 bits per heavy atom. The molecule has 1 aliphatic rings. The van der Waals surface area contributed by atoms with Crippen LogP contribution in [0.2, 0.25) is 0 Å². The zero-order chi connectivity index (χ0) is 15.2. The Labute approximate surface area is 120 Å². The summed E-state index contributed by atoms with van der Waals surface area (Å²) < 4.78 is 5.21. The van der Waals surface area contributed by atoms with Gasteiger partial charge >= 0.3 is 12.1 Å². The number of rotatable bonds is 5. The number of hydrogen-bond donors (Lipinski definition) is 3. The minimum atomic E-state index is -0.882. The van der Waals surface area contributed by atoms with Crippen LogP contribution in [0.15, 0.2) is 0 Å². The lowest BCUT2D eigenvalue weighted by atomic mass is 9.81. The van der Waals surface area contributed by atoms with Crippen LogP contribution in [0, 0.1) is 0 Å². The molecule has 1 saturated carbocycles.